The first-order valence-electron chi connectivity index (χ1n) is 11.4. The molecule has 1 unspecified atom stereocenters. The van der Waals surface area contributed by atoms with E-state index in [1.54, 1.807) is 11.8 Å². The number of benzene rings is 3. The zero-order valence-corrected chi connectivity index (χ0v) is 19.1. The zero-order valence-electron chi connectivity index (χ0n) is 18.3. The van der Waals surface area contributed by atoms with Crippen LogP contribution in [0.3, 0.4) is 0 Å². The highest BCUT2D eigenvalue weighted by Gasteiger charge is 2.34. The zero-order chi connectivity index (χ0) is 22.1. The molecule has 1 aliphatic carbocycles. The van der Waals surface area contributed by atoms with Crippen LogP contribution in [0, 0.1) is 5.92 Å². The van der Waals surface area contributed by atoms with Crippen molar-refractivity contribution in [3.05, 3.63) is 83.4 Å². The lowest BCUT2D eigenvalue weighted by Crippen LogP contribution is -2.16. The maximum Gasteiger partial charge on any atom is 0.303 e. The van der Waals surface area contributed by atoms with Gasteiger partial charge < -0.3 is 9.84 Å². The fourth-order valence-corrected chi connectivity index (χ4v) is 5.25. The number of hydrogen-bond donors (Lipinski definition) is 1. The van der Waals surface area contributed by atoms with E-state index in [1.165, 1.54) is 27.1 Å². The molecule has 1 saturated carbocycles. The second-order valence-electron chi connectivity index (χ2n) is 8.91. The van der Waals surface area contributed by atoms with E-state index in [0.29, 0.717) is 5.92 Å². The molecular formula is C28H28O3S. The highest BCUT2D eigenvalue weighted by atomic mass is 32.2. The summed E-state index contributed by atoms with van der Waals surface area (Å²) < 4.78 is 6.45. The Kier molecular flexibility index (Phi) is 5.97. The Morgan fingerprint density at radius 1 is 1.03 bits per heavy atom. The lowest BCUT2D eigenvalue weighted by molar-refractivity contribution is -0.137. The van der Waals surface area contributed by atoms with Crippen LogP contribution < -0.4 is 4.74 Å². The Balaban J connectivity index is 1.35. The number of carbonyl (C=O) groups is 1. The summed E-state index contributed by atoms with van der Waals surface area (Å²) in [5, 5.41) is 9.35. The van der Waals surface area contributed by atoms with Gasteiger partial charge >= 0.3 is 5.97 Å². The topological polar surface area (TPSA) is 46.5 Å². The minimum atomic E-state index is -0.721. The quantitative estimate of drug-likeness (QED) is 0.394. The van der Waals surface area contributed by atoms with Gasteiger partial charge in [0.2, 0.25) is 0 Å². The monoisotopic (exact) mass is 444 g/mol. The Morgan fingerprint density at radius 3 is 2.56 bits per heavy atom. The molecule has 164 valence electrons. The number of aliphatic carboxylic acids is 1. The van der Waals surface area contributed by atoms with E-state index in [2.05, 4.69) is 73.0 Å². The molecule has 3 aromatic rings. The van der Waals surface area contributed by atoms with Crippen LogP contribution in [-0.2, 0) is 11.2 Å². The van der Waals surface area contributed by atoms with Crippen LogP contribution in [0.1, 0.15) is 54.4 Å². The summed E-state index contributed by atoms with van der Waals surface area (Å²) in [6.45, 7) is 0. The molecule has 1 heterocycles. The van der Waals surface area contributed by atoms with Crippen molar-refractivity contribution in [3.63, 3.8) is 0 Å². The van der Waals surface area contributed by atoms with E-state index in [-0.39, 0.29) is 18.4 Å². The van der Waals surface area contributed by atoms with Gasteiger partial charge in [0.05, 0.1) is 6.42 Å². The third-order valence-corrected chi connectivity index (χ3v) is 7.46. The molecule has 3 nitrogen and oxygen atoms in total. The largest absolute Gasteiger partial charge is 0.485 e. The molecule has 5 rings (SSSR count). The minimum absolute atomic E-state index is 0.0307. The number of fused-ring (bicyclic) bond motifs is 1. The van der Waals surface area contributed by atoms with Crippen LogP contribution in [-0.4, -0.2) is 17.3 Å². The number of thioether (sulfide) groups is 1. The molecule has 0 amide bonds. The second-order valence-corrected chi connectivity index (χ2v) is 9.79. The van der Waals surface area contributed by atoms with Crippen molar-refractivity contribution in [2.45, 2.75) is 49.0 Å². The predicted octanol–water partition coefficient (Wildman–Crippen LogP) is 7.11. The first-order valence-corrected chi connectivity index (χ1v) is 12.6. The first kappa shape index (κ1) is 21.1. The molecule has 0 bridgehead atoms. The second kappa shape index (κ2) is 9.03. The molecule has 0 saturated heterocycles. The Labute approximate surface area is 193 Å². The molecule has 0 aromatic heterocycles. The third kappa shape index (κ3) is 4.56. The van der Waals surface area contributed by atoms with E-state index >= 15 is 0 Å². The van der Waals surface area contributed by atoms with Gasteiger partial charge in [-0.15, -0.1) is 11.8 Å². The number of aryl methyl sites for hydroxylation is 1. The fraction of sp³-hybridized carbons (Fsp3) is 0.321. The van der Waals surface area contributed by atoms with Crippen LogP contribution in [0.2, 0.25) is 0 Å². The van der Waals surface area contributed by atoms with Crippen molar-refractivity contribution in [1.29, 1.82) is 0 Å². The molecule has 2 aliphatic rings. The number of ether oxygens (including phenoxy) is 1. The average Bonchev–Trinajstić information content (AvgIpc) is 3.67. The van der Waals surface area contributed by atoms with E-state index in [0.717, 1.165) is 37.0 Å². The van der Waals surface area contributed by atoms with Crippen molar-refractivity contribution in [2.75, 3.05) is 6.26 Å². The van der Waals surface area contributed by atoms with Crippen LogP contribution in [0.4, 0.5) is 0 Å². The van der Waals surface area contributed by atoms with E-state index in [1.807, 2.05) is 0 Å². The summed E-state index contributed by atoms with van der Waals surface area (Å²) in [6, 6.07) is 23.7. The maximum atomic E-state index is 11.4. The van der Waals surface area contributed by atoms with Gasteiger partial charge in [-0.2, -0.15) is 0 Å². The summed E-state index contributed by atoms with van der Waals surface area (Å²) in [5.41, 5.74) is 5.96. The minimum Gasteiger partial charge on any atom is -0.485 e. The molecule has 1 N–H and O–H groups in total. The Bertz CT molecular complexity index is 1120. The van der Waals surface area contributed by atoms with Crippen LogP contribution in [0.5, 0.6) is 5.75 Å². The molecular weight excluding hydrogens is 416 g/mol. The molecule has 3 aromatic carbocycles. The number of rotatable bonds is 7. The number of carboxylic acid groups (broad SMARTS) is 1. The first-order chi connectivity index (χ1) is 15.6. The normalized spacial score (nSPS) is 18.5. The van der Waals surface area contributed by atoms with Crippen molar-refractivity contribution in [3.8, 4) is 16.9 Å². The highest BCUT2D eigenvalue weighted by Crippen LogP contribution is 2.46. The van der Waals surface area contributed by atoms with Gasteiger partial charge in [0.1, 0.15) is 11.9 Å². The summed E-state index contributed by atoms with van der Waals surface area (Å²) in [7, 11) is 0. The Morgan fingerprint density at radius 2 is 1.84 bits per heavy atom. The summed E-state index contributed by atoms with van der Waals surface area (Å²) in [5.74, 6) is 0.798. The lowest BCUT2D eigenvalue weighted by atomic mass is 9.88. The summed E-state index contributed by atoms with van der Waals surface area (Å²) >= 11 is 1.76. The molecule has 1 fully saturated rings. The van der Waals surface area contributed by atoms with Crippen LogP contribution >= 0.6 is 11.8 Å². The van der Waals surface area contributed by atoms with Gasteiger partial charge in [0.25, 0.3) is 0 Å². The lowest BCUT2D eigenvalue weighted by Gasteiger charge is -2.28. The standard InChI is InChI=1S/C28H28O3S/c1-32-24-4-2-3-22(15-24)18-5-9-20(10-6-18)26-14-13-21-11-12-23(16-27(21)31-26)25(17-28(29)30)19-7-8-19/h2-6,9-12,15-16,19,25-26H,7-8,13-14,17H2,1H3,(H,29,30)/t25-,26?/m0/s1. The predicted molar refractivity (Wildman–Crippen MR) is 130 cm³/mol. The van der Waals surface area contributed by atoms with E-state index in [4.69, 9.17) is 4.74 Å². The van der Waals surface area contributed by atoms with E-state index in [9.17, 15) is 9.90 Å². The van der Waals surface area contributed by atoms with Gasteiger partial charge in [-0.1, -0.05) is 48.5 Å². The van der Waals surface area contributed by atoms with E-state index < -0.39 is 5.97 Å². The van der Waals surface area contributed by atoms with Crippen molar-refractivity contribution in [2.24, 2.45) is 5.92 Å². The highest BCUT2D eigenvalue weighted by molar-refractivity contribution is 7.98. The third-order valence-electron chi connectivity index (χ3n) is 6.74. The molecule has 32 heavy (non-hydrogen) atoms. The van der Waals surface area contributed by atoms with Crippen molar-refractivity contribution >= 4 is 17.7 Å². The summed E-state index contributed by atoms with van der Waals surface area (Å²) in [4.78, 5) is 12.6. The fourth-order valence-electron chi connectivity index (χ4n) is 4.79. The number of hydrogen-bond acceptors (Lipinski definition) is 3. The van der Waals surface area contributed by atoms with Crippen molar-refractivity contribution < 1.29 is 14.6 Å². The molecule has 0 spiro atoms. The number of carboxylic acids is 1. The van der Waals surface area contributed by atoms with Gasteiger partial charge in [0.15, 0.2) is 0 Å². The average molecular weight is 445 g/mol. The smallest absolute Gasteiger partial charge is 0.303 e. The summed E-state index contributed by atoms with van der Waals surface area (Å²) in [6.07, 6.45) is 6.52. The van der Waals surface area contributed by atoms with Gasteiger partial charge in [-0.25, -0.2) is 0 Å². The van der Waals surface area contributed by atoms with Gasteiger partial charge in [0, 0.05) is 4.90 Å². The SMILES string of the molecule is CSc1cccc(-c2ccc(C3CCc4ccc([C@@H](CC(=O)O)C5CC5)cc4O3)cc2)c1. The molecule has 2 atom stereocenters. The maximum absolute atomic E-state index is 11.4. The molecule has 0 radical (unpaired) electrons. The molecule has 1 aliphatic heterocycles. The van der Waals surface area contributed by atoms with Crippen LogP contribution in [0.25, 0.3) is 11.1 Å². The van der Waals surface area contributed by atoms with Gasteiger partial charge in [-0.3, -0.25) is 4.79 Å². The van der Waals surface area contributed by atoms with Crippen LogP contribution in [0.15, 0.2) is 71.6 Å². The van der Waals surface area contributed by atoms with Crippen molar-refractivity contribution in [1.82, 2.24) is 0 Å². The Hall–Kier alpha value is -2.72. The van der Waals surface area contributed by atoms with Gasteiger partial charge in [-0.05, 0) is 89.8 Å². The molecule has 4 heteroatoms.